The number of pyridine rings is 1. The highest BCUT2D eigenvalue weighted by Gasteiger charge is 2.38. The highest BCUT2D eigenvalue weighted by molar-refractivity contribution is 7.17. The Bertz CT molecular complexity index is 1110. The molecule has 0 amide bonds. The Hall–Kier alpha value is -2.98. The van der Waals surface area contributed by atoms with E-state index >= 15 is 0 Å². The molecule has 4 rings (SSSR count). The molecule has 1 fully saturated rings. The Morgan fingerprint density at radius 3 is 2.44 bits per heavy atom. The van der Waals surface area contributed by atoms with E-state index in [1.54, 1.807) is 13.1 Å². The van der Waals surface area contributed by atoms with E-state index in [0.717, 1.165) is 57.8 Å². The number of aliphatic carboxylic acids is 1. The van der Waals surface area contributed by atoms with Gasteiger partial charge >= 0.3 is 12.1 Å². The lowest BCUT2D eigenvalue weighted by molar-refractivity contribution is -0.192. The summed E-state index contributed by atoms with van der Waals surface area (Å²) in [6.45, 7) is 3.59. The molecule has 1 saturated heterocycles. The van der Waals surface area contributed by atoms with Crippen LogP contribution in [0, 0.1) is 0 Å². The molecule has 3 aromatic rings. The molecule has 0 saturated carbocycles. The van der Waals surface area contributed by atoms with Crippen molar-refractivity contribution in [2.45, 2.75) is 32.0 Å². The number of ketones is 1. The second-order valence-electron chi connectivity index (χ2n) is 7.13. The first-order valence-electron chi connectivity index (χ1n) is 9.82. The molecule has 0 spiro atoms. The van der Waals surface area contributed by atoms with E-state index < -0.39 is 12.1 Å². The minimum atomic E-state index is -5.08. The van der Waals surface area contributed by atoms with E-state index in [1.807, 2.05) is 30.5 Å². The van der Waals surface area contributed by atoms with Crippen LogP contribution in [-0.2, 0) is 4.79 Å². The lowest BCUT2D eigenvalue weighted by Crippen LogP contribution is -2.34. The van der Waals surface area contributed by atoms with Gasteiger partial charge in [-0.2, -0.15) is 13.2 Å². The molecule has 0 aliphatic carbocycles. The van der Waals surface area contributed by atoms with Crippen LogP contribution in [0.1, 0.15) is 29.4 Å². The van der Waals surface area contributed by atoms with Crippen LogP contribution in [0.3, 0.4) is 0 Å². The number of benzene rings is 1. The lowest BCUT2D eigenvalue weighted by atomic mass is 10.0. The maximum Gasteiger partial charge on any atom is 0.490 e. The van der Waals surface area contributed by atoms with Crippen LogP contribution < -0.4 is 10.1 Å². The minimum Gasteiger partial charge on any atom is -0.490 e. The van der Waals surface area contributed by atoms with Gasteiger partial charge in [0.2, 0.25) is 0 Å². The van der Waals surface area contributed by atoms with E-state index in [0.29, 0.717) is 0 Å². The number of carbonyl (C=O) groups excluding carboxylic acids is 1. The summed E-state index contributed by atoms with van der Waals surface area (Å²) in [5, 5.41) is 12.7. The van der Waals surface area contributed by atoms with Crippen LogP contribution >= 0.6 is 11.3 Å². The average molecular weight is 466 g/mol. The van der Waals surface area contributed by atoms with Crippen molar-refractivity contribution in [3.63, 3.8) is 0 Å². The Balaban J connectivity index is 0.000000360. The minimum absolute atomic E-state index is 0.0963. The summed E-state index contributed by atoms with van der Waals surface area (Å²) < 4.78 is 38.1. The van der Waals surface area contributed by atoms with Crippen LogP contribution in [0.15, 0.2) is 42.7 Å². The SMILES string of the molecule is CC(=O)c1ccc(-c2c(OC3CCNCC3)ccc3cnccc23)s1.O=C(O)C(F)(F)F. The summed E-state index contributed by atoms with van der Waals surface area (Å²) in [6, 6.07) is 10.0. The molecule has 2 aromatic heterocycles. The average Bonchev–Trinajstić information content (AvgIpc) is 3.24. The number of ether oxygens (including phenoxy) is 1. The fraction of sp³-hybridized carbons (Fsp3) is 0.318. The van der Waals surface area contributed by atoms with Gasteiger partial charge in [0.25, 0.3) is 0 Å². The van der Waals surface area contributed by atoms with Gasteiger partial charge in [-0.15, -0.1) is 11.3 Å². The van der Waals surface area contributed by atoms with Gasteiger partial charge < -0.3 is 15.2 Å². The number of hydrogen-bond donors (Lipinski definition) is 2. The number of thiophene rings is 1. The molecule has 1 aromatic carbocycles. The van der Waals surface area contributed by atoms with Gasteiger partial charge in [0.1, 0.15) is 11.9 Å². The highest BCUT2D eigenvalue weighted by Crippen LogP contribution is 2.41. The molecule has 0 unspecified atom stereocenters. The van der Waals surface area contributed by atoms with Crippen molar-refractivity contribution < 1.29 is 32.6 Å². The molecule has 10 heteroatoms. The summed E-state index contributed by atoms with van der Waals surface area (Å²) in [6.07, 6.45) is 0.840. The summed E-state index contributed by atoms with van der Waals surface area (Å²) in [4.78, 5) is 26.7. The summed E-state index contributed by atoms with van der Waals surface area (Å²) in [7, 11) is 0. The smallest absolute Gasteiger partial charge is 0.490 e. The van der Waals surface area contributed by atoms with Crippen molar-refractivity contribution >= 4 is 33.9 Å². The summed E-state index contributed by atoms with van der Waals surface area (Å²) in [5.74, 6) is -1.77. The molecular formula is C22H21F3N2O4S. The number of carbonyl (C=O) groups is 2. The monoisotopic (exact) mass is 466 g/mol. The zero-order valence-corrected chi connectivity index (χ0v) is 17.9. The van der Waals surface area contributed by atoms with Crippen molar-refractivity contribution in [3.05, 3.63) is 47.6 Å². The highest BCUT2D eigenvalue weighted by atomic mass is 32.1. The first-order chi connectivity index (χ1) is 15.2. The molecule has 3 heterocycles. The second-order valence-corrected chi connectivity index (χ2v) is 8.21. The van der Waals surface area contributed by atoms with Crippen molar-refractivity contribution in [1.29, 1.82) is 0 Å². The van der Waals surface area contributed by atoms with Crippen LogP contribution in [-0.4, -0.2) is 47.2 Å². The van der Waals surface area contributed by atoms with Gasteiger partial charge in [-0.05, 0) is 68.6 Å². The molecule has 1 aliphatic rings. The number of nitrogens with one attached hydrogen (secondary N) is 1. The van der Waals surface area contributed by atoms with E-state index in [4.69, 9.17) is 14.6 Å². The van der Waals surface area contributed by atoms with E-state index in [1.165, 1.54) is 11.3 Å². The van der Waals surface area contributed by atoms with Crippen molar-refractivity contribution in [3.8, 4) is 16.2 Å². The fourth-order valence-electron chi connectivity index (χ4n) is 3.26. The number of fused-ring (bicyclic) bond motifs is 1. The van der Waals surface area contributed by atoms with Gasteiger partial charge in [0.15, 0.2) is 5.78 Å². The molecule has 6 nitrogen and oxygen atoms in total. The molecule has 0 atom stereocenters. The standard InChI is InChI=1S/C20H20N2O2S.C2HF3O2/c1-13(23)18-4-5-19(25-18)20-16-8-11-22-12-14(16)2-3-17(20)24-15-6-9-21-10-7-15;3-2(4,5)1(6)7/h2-5,8,11-12,15,21H,6-7,9-10H2,1H3;(H,6,7). The van der Waals surface area contributed by atoms with Crippen LogP contribution in [0.5, 0.6) is 5.75 Å². The van der Waals surface area contributed by atoms with Crippen molar-refractivity contribution in [2.24, 2.45) is 0 Å². The fourth-order valence-corrected chi connectivity index (χ4v) is 4.22. The zero-order valence-electron chi connectivity index (χ0n) is 17.1. The second kappa shape index (κ2) is 10.1. The van der Waals surface area contributed by atoms with Crippen LogP contribution in [0.2, 0.25) is 0 Å². The number of halogens is 3. The summed E-state index contributed by atoms with van der Waals surface area (Å²) >= 11 is 1.52. The van der Waals surface area contributed by atoms with Gasteiger partial charge in [-0.1, -0.05) is 0 Å². The number of nitrogens with zero attached hydrogens (tertiary/aromatic N) is 1. The van der Waals surface area contributed by atoms with Gasteiger partial charge in [-0.3, -0.25) is 9.78 Å². The Morgan fingerprint density at radius 1 is 1.16 bits per heavy atom. The first-order valence-corrected chi connectivity index (χ1v) is 10.6. The van der Waals surface area contributed by atoms with Crippen molar-refractivity contribution in [1.82, 2.24) is 10.3 Å². The molecule has 0 radical (unpaired) electrons. The number of carboxylic acids is 1. The number of carboxylic acid groups (broad SMARTS) is 1. The van der Waals surface area contributed by atoms with Crippen molar-refractivity contribution in [2.75, 3.05) is 13.1 Å². The molecule has 170 valence electrons. The maximum absolute atomic E-state index is 11.7. The molecule has 1 aliphatic heterocycles. The van der Waals surface area contributed by atoms with Gasteiger partial charge in [0, 0.05) is 28.2 Å². The number of piperidine rings is 1. The van der Waals surface area contributed by atoms with Gasteiger partial charge in [0.05, 0.1) is 4.88 Å². The third kappa shape index (κ3) is 5.83. The quantitative estimate of drug-likeness (QED) is 0.530. The predicted octanol–water partition coefficient (Wildman–Crippen LogP) is 4.93. The normalized spacial score (nSPS) is 14.5. The molecule has 2 N–H and O–H groups in total. The first kappa shape index (κ1) is 23.7. The number of hydrogen-bond acceptors (Lipinski definition) is 6. The predicted molar refractivity (Wildman–Crippen MR) is 115 cm³/mol. The van der Waals surface area contributed by atoms with Gasteiger partial charge in [-0.25, -0.2) is 4.79 Å². The Labute approximate surface area is 186 Å². The number of alkyl halides is 3. The van der Waals surface area contributed by atoms with E-state index in [-0.39, 0.29) is 11.9 Å². The van der Waals surface area contributed by atoms with E-state index in [9.17, 15) is 18.0 Å². The third-order valence-corrected chi connectivity index (χ3v) is 6.01. The topological polar surface area (TPSA) is 88.5 Å². The Kier molecular flexibility index (Phi) is 7.47. The van der Waals surface area contributed by atoms with Crippen LogP contribution in [0.4, 0.5) is 13.2 Å². The number of aromatic nitrogens is 1. The number of rotatable bonds is 4. The third-order valence-electron chi connectivity index (χ3n) is 4.80. The summed E-state index contributed by atoms with van der Waals surface area (Å²) in [5.41, 5.74) is 1.07. The molecular weight excluding hydrogens is 445 g/mol. The maximum atomic E-state index is 11.7. The van der Waals surface area contributed by atoms with E-state index in [2.05, 4.69) is 16.4 Å². The lowest BCUT2D eigenvalue weighted by Gasteiger charge is -2.25. The molecule has 0 bridgehead atoms. The number of Topliss-reactive ketones (excluding diaryl/α,β-unsaturated/α-hetero) is 1. The van der Waals surface area contributed by atoms with Crippen LogP contribution in [0.25, 0.3) is 21.2 Å². The Morgan fingerprint density at radius 2 is 1.84 bits per heavy atom. The largest absolute Gasteiger partial charge is 0.490 e. The molecule has 32 heavy (non-hydrogen) atoms. The zero-order chi connectivity index (χ0) is 23.3.